The van der Waals surface area contributed by atoms with Gasteiger partial charge in [-0.1, -0.05) is 6.07 Å². The van der Waals surface area contributed by atoms with Crippen LogP contribution in [-0.4, -0.2) is 25.4 Å². The number of aryl methyl sites for hydroxylation is 2. The molecule has 1 fully saturated rings. The number of carbonyl (C=O) groups excluding carboxylic acids is 1. The molecular formula is C17H19N3O3S. The van der Waals surface area contributed by atoms with Crippen molar-refractivity contribution in [3.05, 3.63) is 53.2 Å². The number of pyridine rings is 1. The molecule has 2 N–H and O–H groups in total. The molecule has 0 saturated heterocycles. The predicted octanol–water partition coefficient (Wildman–Crippen LogP) is 2.39. The van der Waals surface area contributed by atoms with E-state index in [1.165, 1.54) is 12.1 Å². The molecule has 0 bridgehead atoms. The summed E-state index contributed by atoms with van der Waals surface area (Å²) in [6.07, 6.45) is 3.33. The van der Waals surface area contributed by atoms with Gasteiger partial charge in [-0.15, -0.1) is 0 Å². The van der Waals surface area contributed by atoms with Crippen LogP contribution in [0.25, 0.3) is 0 Å². The Balaban J connectivity index is 1.86. The van der Waals surface area contributed by atoms with Gasteiger partial charge in [0.1, 0.15) is 5.82 Å². The lowest BCUT2D eigenvalue weighted by molar-refractivity contribution is 0.102. The summed E-state index contributed by atoms with van der Waals surface area (Å²) in [5, 5.41) is 2.71. The van der Waals surface area contributed by atoms with E-state index in [0.717, 1.165) is 18.4 Å². The van der Waals surface area contributed by atoms with E-state index in [2.05, 4.69) is 15.0 Å². The Hall–Kier alpha value is -2.25. The Morgan fingerprint density at radius 1 is 1.17 bits per heavy atom. The molecule has 0 spiro atoms. The third-order valence-corrected chi connectivity index (χ3v) is 5.34. The summed E-state index contributed by atoms with van der Waals surface area (Å²) in [7, 11) is -3.60. The molecule has 1 aliphatic carbocycles. The fourth-order valence-electron chi connectivity index (χ4n) is 2.29. The van der Waals surface area contributed by atoms with Gasteiger partial charge in [-0.3, -0.25) is 4.79 Å². The molecule has 6 nitrogen and oxygen atoms in total. The summed E-state index contributed by atoms with van der Waals surface area (Å²) in [6, 6.07) is 8.16. The molecule has 3 rings (SSSR count). The molecule has 0 aliphatic heterocycles. The second kappa shape index (κ2) is 6.33. The number of hydrogen-bond acceptors (Lipinski definition) is 4. The first-order valence-corrected chi connectivity index (χ1v) is 9.20. The number of benzene rings is 1. The van der Waals surface area contributed by atoms with Crippen molar-refractivity contribution in [2.75, 3.05) is 5.32 Å². The van der Waals surface area contributed by atoms with E-state index >= 15 is 0 Å². The van der Waals surface area contributed by atoms with Crippen molar-refractivity contribution >= 4 is 21.7 Å². The second-order valence-corrected chi connectivity index (χ2v) is 7.76. The molecule has 1 aromatic heterocycles. The molecule has 1 aromatic carbocycles. The van der Waals surface area contributed by atoms with E-state index in [1.807, 2.05) is 13.0 Å². The summed E-state index contributed by atoms with van der Waals surface area (Å²) >= 11 is 0. The number of sulfonamides is 1. The minimum atomic E-state index is -3.60. The molecule has 1 aliphatic rings. The molecule has 126 valence electrons. The maximum absolute atomic E-state index is 12.5. The van der Waals surface area contributed by atoms with Crippen LogP contribution in [0.3, 0.4) is 0 Å². The maximum Gasteiger partial charge on any atom is 0.257 e. The SMILES string of the molecule is Cc1ccnc(NC(=O)c2cc(S(=O)(=O)NC3CC3)ccc2C)c1. The standard InChI is InChI=1S/C17H19N3O3S/c1-11-7-8-18-16(9-11)19-17(21)15-10-14(6-3-12(15)2)24(22,23)20-13-4-5-13/h3,6-10,13,20H,4-5H2,1-2H3,(H,18,19,21). The normalized spacial score (nSPS) is 14.4. The monoisotopic (exact) mass is 345 g/mol. The van der Waals surface area contributed by atoms with Gasteiger partial charge in [0.25, 0.3) is 5.91 Å². The molecule has 1 heterocycles. The highest BCUT2D eigenvalue weighted by atomic mass is 32.2. The van der Waals surface area contributed by atoms with Gasteiger partial charge in [0, 0.05) is 17.8 Å². The van der Waals surface area contributed by atoms with Crippen LogP contribution in [0.5, 0.6) is 0 Å². The molecule has 1 saturated carbocycles. The zero-order valence-corrected chi connectivity index (χ0v) is 14.4. The molecule has 24 heavy (non-hydrogen) atoms. The fourth-order valence-corrected chi connectivity index (χ4v) is 3.62. The van der Waals surface area contributed by atoms with E-state index in [0.29, 0.717) is 16.9 Å². The number of rotatable bonds is 5. The number of amides is 1. The van der Waals surface area contributed by atoms with Crippen molar-refractivity contribution in [3.63, 3.8) is 0 Å². The summed E-state index contributed by atoms with van der Waals surface area (Å²) in [4.78, 5) is 16.7. The number of aromatic nitrogens is 1. The average molecular weight is 345 g/mol. The van der Waals surface area contributed by atoms with Crippen LogP contribution in [0, 0.1) is 13.8 Å². The van der Waals surface area contributed by atoms with Crippen molar-refractivity contribution in [1.29, 1.82) is 0 Å². The first-order chi connectivity index (χ1) is 11.3. The molecule has 7 heteroatoms. The number of carbonyl (C=O) groups is 1. The van der Waals surface area contributed by atoms with Crippen LogP contribution in [0.15, 0.2) is 41.4 Å². The van der Waals surface area contributed by atoms with Gasteiger partial charge < -0.3 is 5.32 Å². The van der Waals surface area contributed by atoms with Gasteiger partial charge >= 0.3 is 0 Å². The molecule has 0 unspecified atom stereocenters. The van der Waals surface area contributed by atoms with Crippen molar-refractivity contribution in [2.45, 2.75) is 37.6 Å². The average Bonchev–Trinajstić information content (AvgIpc) is 3.30. The Bertz CT molecular complexity index is 890. The predicted molar refractivity (Wildman–Crippen MR) is 91.4 cm³/mol. The van der Waals surface area contributed by atoms with Gasteiger partial charge in [-0.2, -0.15) is 0 Å². The Kier molecular flexibility index (Phi) is 4.38. The van der Waals surface area contributed by atoms with E-state index in [-0.39, 0.29) is 16.8 Å². The molecule has 1 amide bonds. The van der Waals surface area contributed by atoms with Crippen LogP contribution < -0.4 is 10.0 Å². The third-order valence-electron chi connectivity index (χ3n) is 3.82. The quantitative estimate of drug-likeness (QED) is 0.871. The first-order valence-electron chi connectivity index (χ1n) is 7.72. The summed E-state index contributed by atoms with van der Waals surface area (Å²) in [6.45, 7) is 3.67. The van der Waals surface area contributed by atoms with Crippen LogP contribution in [0.1, 0.15) is 34.3 Å². The van der Waals surface area contributed by atoms with Crippen LogP contribution in [0.2, 0.25) is 0 Å². The highest BCUT2D eigenvalue weighted by Crippen LogP contribution is 2.23. The number of nitrogens with one attached hydrogen (secondary N) is 2. The van der Waals surface area contributed by atoms with Crippen molar-refractivity contribution in [2.24, 2.45) is 0 Å². The highest BCUT2D eigenvalue weighted by Gasteiger charge is 2.28. The third kappa shape index (κ3) is 3.80. The van der Waals surface area contributed by atoms with E-state index in [9.17, 15) is 13.2 Å². The molecular weight excluding hydrogens is 326 g/mol. The van der Waals surface area contributed by atoms with Gasteiger partial charge in [0.2, 0.25) is 10.0 Å². The van der Waals surface area contributed by atoms with Crippen molar-refractivity contribution in [1.82, 2.24) is 9.71 Å². The maximum atomic E-state index is 12.5. The molecule has 0 radical (unpaired) electrons. The molecule has 0 atom stereocenters. The largest absolute Gasteiger partial charge is 0.307 e. The summed E-state index contributed by atoms with van der Waals surface area (Å²) in [5.74, 6) is 0.0536. The van der Waals surface area contributed by atoms with Gasteiger partial charge in [-0.05, 0) is 62.1 Å². The van der Waals surface area contributed by atoms with E-state index < -0.39 is 10.0 Å². The summed E-state index contributed by atoms with van der Waals surface area (Å²) in [5.41, 5.74) is 1.99. The lowest BCUT2D eigenvalue weighted by Gasteiger charge is -2.11. The van der Waals surface area contributed by atoms with Crippen molar-refractivity contribution < 1.29 is 13.2 Å². The topological polar surface area (TPSA) is 88.2 Å². The Labute approximate surface area is 141 Å². The van der Waals surface area contributed by atoms with Crippen LogP contribution in [0.4, 0.5) is 5.82 Å². The zero-order valence-electron chi connectivity index (χ0n) is 13.5. The number of anilines is 1. The fraction of sp³-hybridized carbons (Fsp3) is 0.294. The van der Waals surface area contributed by atoms with Crippen LogP contribution in [-0.2, 0) is 10.0 Å². The minimum absolute atomic E-state index is 0.0186. The zero-order chi connectivity index (χ0) is 17.3. The van der Waals surface area contributed by atoms with Crippen molar-refractivity contribution in [3.8, 4) is 0 Å². The Morgan fingerprint density at radius 2 is 1.92 bits per heavy atom. The first kappa shape index (κ1) is 16.6. The van der Waals surface area contributed by atoms with Gasteiger partial charge in [-0.25, -0.2) is 18.1 Å². The smallest absolute Gasteiger partial charge is 0.257 e. The summed E-state index contributed by atoms with van der Waals surface area (Å²) < 4.78 is 27.3. The lowest BCUT2D eigenvalue weighted by Crippen LogP contribution is -2.26. The minimum Gasteiger partial charge on any atom is -0.307 e. The van der Waals surface area contributed by atoms with Crippen LogP contribution >= 0.6 is 0 Å². The molecule has 2 aromatic rings. The number of nitrogens with zero attached hydrogens (tertiary/aromatic N) is 1. The highest BCUT2D eigenvalue weighted by molar-refractivity contribution is 7.89. The Morgan fingerprint density at radius 3 is 2.58 bits per heavy atom. The van der Waals surface area contributed by atoms with E-state index in [1.54, 1.807) is 25.3 Å². The van der Waals surface area contributed by atoms with Gasteiger partial charge in [0.05, 0.1) is 4.90 Å². The van der Waals surface area contributed by atoms with Gasteiger partial charge in [0.15, 0.2) is 0 Å². The second-order valence-electron chi connectivity index (χ2n) is 6.04. The van der Waals surface area contributed by atoms with E-state index in [4.69, 9.17) is 0 Å². The lowest BCUT2D eigenvalue weighted by atomic mass is 10.1. The number of hydrogen-bond donors (Lipinski definition) is 2.